The molecule has 0 radical (unpaired) electrons. The highest BCUT2D eigenvalue weighted by molar-refractivity contribution is 9.11. The first-order valence-electron chi connectivity index (χ1n) is 11.3. The lowest BCUT2D eigenvalue weighted by Gasteiger charge is -2.44. The Kier molecular flexibility index (Phi) is 6.55. The summed E-state index contributed by atoms with van der Waals surface area (Å²) in [7, 11) is -2.80. The molecule has 2 aromatic rings. The first-order chi connectivity index (χ1) is 15.4. The second kappa shape index (κ2) is 8.72. The molecule has 0 bridgehead atoms. The van der Waals surface area contributed by atoms with Gasteiger partial charge in [-0.15, -0.1) is 0 Å². The van der Waals surface area contributed by atoms with Gasteiger partial charge in [-0.2, -0.15) is 0 Å². The van der Waals surface area contributed by atoms with Crippen LogP contribution >= 0.6 is 15.9 Å². The minimum Gasteiger partial charge on any atom is -0.405 e. The number of halogens is 1. The third kappa shape index (κ3) is 4.18. The summed E-state index contributed by atoms with van der Waals surface area (Å²) in [6, 6.07) is 20.8. The van der Waals surface area contributed by atoms with Gasteiger partial charge < -0.3 is 23.7 Å². The predicted molar refractivity (Wildman–Crippen MR) is 135 cm³/mol. The summed E-state index contributed by atoms with van der Waals surface area (Å²) >= 11 is 3.42. The fraction of sp³-hybridized carbons (Fsp3) is 0.462. The number of aliphatic hydroxyl groups is 1. The van der Waals surface area contributed by atoms with Crippen LogP contribution in [0.15, 0.2) is 71.7 Å². The van der Waals surface area contributed by atoms with Crippen LogP contribution in [0.5, 0.6) is 0 Å². The van der Waals surface area contributed by atoms with Crippen molar-refractivity contribution in [2.24, 2.45) is 0 Å². The van der Waals surface area contributed by atoms with Crippen LogP contribution in [0, 0.1) is 0 Å². The molecule has 0 aliphatic carbocycles. The van der Waals surface area contributed by atoms with Gasteiger partial charge in [-0.1, -0.05) is 104 Å². The zero-order chi connectivity index (χ0) is 24.1. The minimum absolute atomic E-state index is 0.161. The Morgan fingerprint density at radius 2 is 1.55 bits per heavy atom. The normalized spacial score (nSPS) is 29.1. The van der Waals surface area contributed by atoms with Gasteiger partial charge in [-0.3, -0.25) is 0 Å². The van der Waals surface area contributed by atoms with Crippen molar-refractivity contribution in [3.63, 3.8) is 0 Å². The summed E-state index contributed by atoms with van der Waals surface area (Å²) in [4.78, 5) is 0. The number of fused-ring (bicyclic) bond motifs is 1. The molecular formula is C26H33BrO5Si. The van der Waals surface area contributed by atoms with Crippen molar-refractivity contribution in [3.05, 3.63) is 71.7 Å². The second-order valence-electron chi connectivity index (χ2n) is 10.3. The highest BCUT2D eigenvalue weighted by atomic mass is 79.9. The molecule has 4 rings (SSSR count). The fourth-order valence-corrected chi connectivity index (χ4v) is 10.1. The van der Waals surface area contributed by atoms with Crippen molar-refractivity contribution >= 4 is 34.6 Å². The van der Waals surface area contributed by atoms with E-state index in [1.807, 2.05) is 36.4 Å². The first-order valence-corrected chi connectivity index (χ1v) is 14.0. The third-order valence-electron chi connectivity index (χ3n) is 6.58. The average molecular weight is 534 g/mol. The molecule has 178 valence electrons. The summed E-state index contributed by atoms with van der Waals surface area (Å²) in [6.07, 6.45) is -2.11. The Labute approximate surface area is 206 Å². The summed E-state index contributed by atoms with van der Waals surface area (Å²) in [5.41, 5.74) is -1.50. The van der Waals surface area contributed by atoms with Crippen molar-refractivity contribution in [1.29, 1.82) is 0 Å². The van der Waals surface area contributed by atoms with Gasteiger partial charge in [-0.25, -0.2) is 0 Å². The van der Waals surface area contributed by atoms with E-state index in [1.54, 1.807) is 13.8 Å². The smallest absolute Gasteiger partial charge is 0.261 e. The van der Waals surface area contributed by atoms with Gasteiger partial charge >= 0.3 is 0 Å². The molecule has 2 saturated heterocycles. The van der Waals surface area contributed by atoms with Crippen LogP contribution in [0.2, 0.25) is 5.04 Å². The molecular weight excluding hydrogens is 500 g/mol. The van der Waals surface area contributed by atoms with Crippen LogP contribution in [0.25, 0.3) is 0 Å². The molecule has 0 aromatic heterocycles. The Hall–Kier alpha value is -1.32. The molecule has 7 heteroatoms. The maximum Gasteiger partial charge on any atom is 0.261 e. The lowest BCUT2D eigenvalue weighted by molar-refractivity contribution is -0.226. The number of rotatable bonds is 6. The van der Waals surface area contributed by atoms with E-state index in [0.717, 1.165) is 10.4 Å². The molecule has 0 amide bonds. The van der Waals surface area contributed by atoms with Crippen molar-refractivity contribution in [2.75, 3.05) is 6.61 Å². The predicted octanol–water partition coefficient (Wildman–Crippen LogP) is 4.08. The molecule has 4 atom stereocenters. The topological polar surface area (TPSA) is 57.2 Å². The maximum absolute atomic E-state index is 11.7. The van der Waals surface area contributed by atoms with Crippen molar-refractivity contribution < 1.29 is 23.7 Å². The fourth-order valence-electron chi connectivity index (χ4n) is 5.03. The van der Waals surface area contributed by atoms with Gasteiger partial charge in [-0.05, 0) is 29.3 Å². The van der Waals surface area contributed by atoms with Crippen LogP contribution < -0.4 is 10.4 Å². The number of hydrogen-bond donors (Lipinski definition) is 1. The number of ether oxygens (including phenoxy) is 3. The quantitative estimate of drug-likeness (QED) is 0.568. The lowest BCUT2D eigenvalue weighted by Crippen LogP contribution is -2.67. The van der Waals surface area contributed by atoms with E-state index in [2.05, 4.69) is 67.5 Å². The van der Waals surface area contributed by atoms with E-state index in [4.69, 9.17) is 18.6 Å². The van der Waals surface area contributed by atoms with Crippen LogP contribution in [0.4, 0.5) is 0 Å². The molecule has 1 N–H and O–H groups in total. The van der Waals surface area contributed by atoms with E-state index in [-0.39, 0.29) is 11.6 Å². The molecule has 0 spiro atoms. The summed E-state index contributed by atoms with van der Waals surface area (Å²) in [5, 5.41) is 13.9. The maximum atomic E-state index is 11.7. The molecule has 0 saturated carbocycles. The number of hydrogen-bond acceptors (Lipinski definition) is 5. The van der Waals surface area contributed by atoms with Crippen LogP contribution in [0.3, 0.4) is 0 Å². The Morgan fingerprint density at radius 1 is 1.03 bits per heavy atom. The third-order valence-corrected chi connectivity index (χ3v) is 12.2. The molecule has 33 heavy (non-hydrogen) atoms. The zero-order valence-electron chi connectivity index (χ0n) is 19.9. The van der Waals surface area contributed by atoms with Crippen molar-refractivity contribution in [2.45, 2.75) is 69.5 Å². The van der Waals surface area contributed by atoms with Gasteiger partial charge in [0.25, 0.3) is 8.32 Å². The Morgan fingerprint density at radius 3 is 2.00 bits per heavy atom. The molecule has 2 aliphatic rings. The number of benzene rings is 2. The second-order valence-corrected chi connectivity index (χ2v) is 15.5. The van der Waals surface area contributed by atoms with Gasteiger partial charge in [0.2, 0.25) is 0 Å². The summed E-state index contributed by atoms with van der Waals surface area (Å²) in [5.74, 6) is -0.852. The Bertz CT molecular complexity index is 951. The molecule has 5 nitrogen and oxygen atoms in total. The van der Waals surface area contributed by atoms with Crippen LogP contribution in [-0.2, 0) is 18.6 Å². The average Bonchev–Trinajstić information content (AvgIpc) is 3.20. The van der Waals surface area contributed by atoms with Gasteiger partial charge in [0.05, 0.1) is 6.61 Å². The highest BCUT2D eigenvalue weighted by Gasteiger charge is 2.64. The zero-order valence-corrected chi connectivity index (χ0v) is 22.5. The van der Waals surface area contributed by atoms with Gasteiger partial charge in [0.1, 0.15) is 12.2 Å². The summed E-state index contributed by atoms with van der Waals surface area (Å²) in [6.45, 7) is 14.4. The molecule has 2 heterocycles. The monoisotopic (exact) mass is 532 g/mol. The van der Waals surface area contributed by atoms with Crippen molar-refractivity contribution in [1.82, 2.24) is 0 Å². The van der Waals surface area contributed by atoms with Gasteiger partial charge in [0, 0.05) is 4.48 Å². The van der Waals surface area contributed by atoms with Crippen molar-refractivity contribution in [3.8, 4) is 0 Å². The van der Waals surface area contributed by atoms with E-state index >= 15 is 0 Å². The van der Waals surface area contributed by atoms with Gasteiger partial charge in [0.15, 0.2) is 17.7 Å². The highest BCUT2D eigenvalue weighted by Crippen LogP contribution is 2.48. The van der Waals surface area contributed by atoms with Crippen LogP contribution in [-0.4, -0.2) is 49.9 Å². The van der Waals surface area contributed by atoms with E-state index in [9.17, 15) is 5.11 Å². The SMILES string of the molecule is C=C(Br)[C@@]1(O)[C@H](CO[Si](c2ccccc2)(c2ccccc2)C(C)(C)C)O[C@@H]2OC(C)(C)O[C@@H]21. The molecule has 0 unspecified atom stereocenters. The molecule has 2 aliphatic heterocycles. The van der Waals surface area contributed by atoms with Crippen LogP contribution in [0.1, 0.15) is 34.6 Å². The van der Waals surface area contributed by atoms with E-state index in [1.165, 1.54) is 0 Å². The van der Waals surface area contributed by atoms with E-state index < -0.39 is 38.2 Å². The first kappa shape index (κ1) is 24.8. The largest absolute Gasteiger partial charge is 0.405 e. The van der Waals surface area contributed by atoms with E-state index in [0.29, 0.717) is 4.48 Å². The Balaban J connectivity index is 1.73. The minimum atomic E-state index is -2.80. The molecule has 2 aromatic carbocycles. The molecule has 2 fully saturated rings. The lowest BCUT2D eigenvalue weighted by atomic mass is 9.93. The summed E-state index contributed by atoms with van der Waals surface area (Å²) < 4.78 is 25.5. The standard InChI is InChI=1S/C26H33BrO5Si/c1-18(27)26(28)21(30-23-22(26)31-25(5,6)32-23)17-29-33(24(2,3)4,19-13-9-7-10-14-19)20-15-11-8-12-16-20/h7-16,21-23,28H,1,17H2,2-6H3/t21-,22-,23+,26+/m0/s1.